The minimum Gasteiger partial charge on any atom is -0.394 e. The van der Waals surface area contributed by atoms with E-state index in [0.717, 1.165) is 0 Å². The fourth-order valence-electron chi connectivity index (χ4n) is 3.02. The summed E-state index contributed by atoms with van der Waals surface area (Å²) in [5, 5.41) is 17.5. The minimum absolute atomic E-state index is 0.0510. The number of rotatable bonds is 6. The van der Waals surface area contributed by atoms with Crippen LogP contribution in [-0.4, -0.2) is 60.0 Å². The summed E-state index contributed by atoms with van der Waals surface area (Å²) in [6, 6.07) is -0.409. The Kier molecular flexibility index (Phi) is 6.73. The highest BCUT2D eigenvalue weighted by Gasteiger charge is 2.31. The number of nitrogens with zero attached hydrogens (tertiary/aromatic N) is 1. The van der Waals surface area contributed by atoms with Gasteiger partial charge in [0.2, 0.25) is 11.8 Å². The number of hydrogen-bond donors (Lipinski definition) is 3. The van der Waals surface area contributed by atoms with E-state index >= 15 is 0 Å². The van der Waals surface area contributed by atoms with Crippen LogP contribution in [0.15, 0.2) is 23.7 Å². The maximum absolute atomic E-state index is 12.4. The first-order chi connectivity index (χ1) is 12.7. The third kappa shape index (κ3) is 5.10. The Morgan fingerprint density at radius 1 is 1.31 bits per heavy atom. The Morgan fingerprint density at radius 2 is 2.12 bits per heavy atom. The molecule has 3 heterocycles. The van der Waals surface area contributed by atoms with Gasteiger partial charge in [0, 0.05) is 30.7 Å². The van der Waals surface area contributed by atoms with Crippen LogP contribution in [0.5, 0.6) is 0 Å². The number of amides is 2. The van der Waals surface area contributed by atoms with Crippen LogP contribution in [0.3, 0.4) is 0 Å². The average molecular weight is 381 g/mol. The molecular formula is C17H23N3O5S. The molecule has 0 spiro atoms. The lowest BCUT2D eigenvalue weighted by molar-refractivity contribution is -0.131. The largest absolute Gasteiger partial charge is 0.394 e. The van der Waals surface area contributed by atoms with E-state index in [4.69, 9.17) is 9.47 Å². The summed E-state index contributed by atoms with van der Waals surface area (Å²) in [6.45, 7) is 0.942. The van der Waals surface area contributed by atoms with Gasteiger partial charge in [0.05, 0.1) is 25.2 Å². The van der Waals surface area contributed by atoms with Crippen LogP contribution in [0.2, 0.25) is 0 Å². The maximum Gasteiger partial charge on any atom is 0.229 e. The fraction of sp³-hybridized carbons (Fsp3) is 0.588. The molecule has 3 N–H and O–H groups in total. The Morgan fingerprint density at radius 3 is 2.81 bits per heavy atom. The van der Waals surface area contributed by atoms with Crippen LogP contribution in [0.4, 0.5) is 5.13 Å². The average Bonchev–Trinajstić information content (AvgIpc) is 3.16. The third-order valence-corrected chi connectivity index (χ3v) is 5.12. The Bertz CT molecular complexity index is 630. The lowest BCUT2D eigenvalue weighted by atomic mass is 9.97. The van der Waals surface area contributed by atoms with Crippen LogP contribution in [0.25, 0.3) is 0 Å². The molecule has 0 unspecified atom stereocenters. The summed E-state index contributed by atoms with van der Waals surface area (Å²) in [7, 11) is 0. The molecule has 0 bridgehead atoms. The van der Waals surface area contributed by atoms with Gasteiger partial charge in [0.15, 0.2) is 5.13 Å². The zero-order chi connectivity index (χ0) is 18.4. The van der Waals surface area contributed by atoms with Crippen molar-refractivity contribution in [2.45, 2.75) is 37.5 Å². The minimum atomic E-state index is -0.582. The molecule has 1 saturated heterocycles. The van der Waals surface area contributed by atoms with Gasteiger partial charge in [-0.3, -0.25) is 9.59 Å². The zero-order valence-corrected chi connectivity index (χ0v) is 15.1. The van der Waals surface area contributed by atoms with E-state index in [-0.39, 0.29) is 30.8 Å². The molecule has 3 atom stereocenters. The van der Waals surface area contributed by atoms with Crippen molar-refractivity contribution in [3.8, 4) is 0 Å². The molecule has 2 aliphatic rings. The van der Waals surface area contributed by atoms with Crippen molar-refractivity contribution in [3.63, 3.8) is 0 Å². The van der Waals surface area contributed by atoms with Crippen LogP contribution in [0, 0.1) is 5.92 Å². The van der Waals surface area contributed by atoms with Crippen molar-refractivity contribution in [1.29, 1.82) is 0 Å². The monoisotopic (exact) mass is 381 g/mol. The first-order valence-corrected chi connectivity index (χ1v) is 9.56. The SMILES string of the molecule is O=C(C[C@H]1C=C[C@H](NC(=O)C2CCOCC2)[C@H](CO)O1)Nc1nccs1. The molecule has 9 heteroatoms. The molecule has 0 aromatic carbocycles. The molecule has 1 aromatic rings. The number of thiazole rings is 1. The van der Waals surface area contributed by atoms with E-state index in [1.54, 1.807) is 23.7 Å². The van der Waals surface area contributed by atoms with Crippen LogP contribution in [-0.2, 0) is 19.1 Å². The summed E-state index contributed by atoms with van der Waals surface area (Å²) in [6.07, 6.45) is 5.65. The molecule has 1 aromatic heterocycles. The molecule has 2 amide bonds. The molecule has 142 valence electrons. The second kappa shape index (κ2) is 9.22. The van der Waals surface area contributed by atoms with Crippen molar-refractivity contribution in [2.24, 2.45) is 5.92 Å². The summed E-state index contributed by atoms with van der Waals surface area (Å²) in [4.78, 5) is 28.4. The van der Waals surface area contributed by atoms with Crippen LogP contribution < -0.4 is 10.6 Å². The molecule has 26 heavy (non-hydrogen) atoms. The van der Waals surface area contributed by atoms with Crippen LogP contribution >= 0.6 is 11.3 Å². The molecule has 0 aliphatic carbocycles. The van der Waals surface area contributed by atoms with Crippen molar-refractivity contribution < 1.29 is 24.2 Å². The summed E-state index contributed by atoms with van der Waals surface area (Å²) in [5.74, 6) is -0.334. The van der Waals surface area contributed by atoms with E-state index in [2.05, 4.69) is 15.6 Å². The third-order valence-electron chi connectivity index (χ3n) is 4.43. The van der Waals surface area contributed by atoms with Crippen LogP contribution in [0.1, 0.15) is 19.3 Å². The topological polar surface area (TPSA) is 110 Å². The number of aromatic nitrogens is 1. The number of carbonyl (C=O) groups excluding carboxylic acids is 2. The molecule has 2 aliphatic heterocycles. The van der Waals surface area contributed by atoms with Crippen molar-refractivity contribution in [2.75, 3.05) is 25.1 Å². The van der Waals surface area contributed by atoms with Gasteiger partial charge < -0.3 is 25.2 Å². The highest BCUT2D eigenvalue weighted by atomic mass is 32.1. The molecule has 1 fully saturated rings. The van der Waals surface area contributed by atoms with Gasteiger partial charge in [0.25, 0.3) is 0 Å². The second-order valence-corrected chi connectivity index (χ2v) is 7.19. The van der Waals surface area contributed by atoms with E-state index in [1.165, 1.54) is 11.3 Å². The Labute approximate surface area is 155 Å². The standard InChI is InChI=1S/C17H23N3O5S/c21-10-14-13(19-16(23)11-3-6-24-7-4-11)2-1-12(25-14)9-15(22)20-17-18-5-8-26-17/h1-2,5,8,11-14,21H,3-4,6-7,9-10H2,(H,19,23)(H,18,20,22)/t12-,13+,14+/m1/s1. The van der Waals surface area contributed by atoms with Gasteiger partial charge in [-0.15, -0.1) is 11.3 Å². The van der Waals surface area contributed by atoms with Crippen molar-refractivity contribution in [3.05, 3.63) is 23.7 Å². The van der Waals surface area contributed by atoms with Crippen molar-refractivity contribution in [1.82, 2.24) is 10.3 Å². The Hall–Kier alpha value is -1.81. The lowest BCUT2D eigenvalue weighted by Crippen LogP contribution is -2.50. The molecular weight excluding hydrogens is 358 g/mol. The number of aliphatic hydroxyl groups excluding tert-OH is 1. The number of carbonyl (C=O) groups is 2. The molecule has 8 nitrogen and oxygen atoms in total. The number of nitrogens with one attached hydrogen (secondary N) is 2. The number of ether oxygens (including phenoxy) is 2. The molecule has 0 saturated carbocycles. The molecule has 3 rings (SSSR count). The normalized spacial score (nSPS) is 26.4. The summed E-state index contributed by atoms with van der Waals surface area (Å²) in [5.41, 5.74) is 0. The van der Waals surface area contributed by atoms with Gasteiger partial charge in [-0.25, -0.2) is 4.98 Å². The quantitative estimate of drug-likeness (QED) is 0.626. The predicted octanol–water partition coefficient (Wildman–Crippen LogP) is 0.699. The second-order valence-electron chi connectivity index (χ2n) is 6.29. The van der Waals surface area contributed by atoms with Gasteiger partial charge >= 0.3 is 0 Å². The highest BCUT2D eigenvalue weighted by Crippen LogP contribution is 2.19. The number of aliphatic hydroxyl groups is 1. The van der Waals surface area contributed by atoms with Crippen molar-refractivity contribution >= 4 is 28.3 Å². The van der Waals surface area contributed by atoms with Gasteiger partial charge in [-0.2, -0.15) is 0 Å². The fourth-order valence-corrected chi connectivity index (χ4v) is 3.56. The van der Waals surface area contributed by atoms with Gasteiger partial charge in [-0.1, -0.05) is 12.2 Å². The molecule has 0 radical (unpaired) electrons. The number of anilines is 1. The smallest absolute Gasteiger partial charge is 0.229 e. The van der Waals surface area contributed by atoms with Gasteiger partial charge in [0.1, 0.15) is 6.10 Å². The summed E-state index contributed by atoms with van der Waals surface area (Å²) >= 11 is 1.34. The Balaban J connectivity index is 1.52. The predicted molar refractivity (Wildman–Crippen MR) is 95.7 cm³/mol. The first kappa shape index (κ1) is 19.0. The number of hydrogen-bond acceptors (Lipinski definition) is 7. The van der Waals surface area contributed by atoms with Gasteiger partial charge in [-0.05, 0) is 12.8 Å². The van der Waals surface area contributed by atoms with E-state index in [1.807, 2.05) is 0 Å². The first-order valence-electron chi connectivity index (χ1n) is 8.68. The zero-order valence-electron chi connectivity index (χ0n) is 14.3. The highest BCUT2D eigenvalue weighted by molar-refractivity contribution is 7.13. The van der Waals surface area contributed by atoms with E-state index in [9.17, 15) is 14.7 Å². The van der Waals surface area contributed by atoms with E-state index < -0.39 is 18.2 Å². The van der Waals surface area contributed by atoms with E-state index in [0.29, 0.717) is 31.2 Å². The summed E-state index contributed by atoms with van der Waals surface area (Å²) < 4.78 is 11.0. The maximum atomic E-state index is 12.4. The lowest BCUT2D eigenvalue weighted by Gasteiger charge is -2.33.